The van der Waals surface area contributed by atoms with Crippen molar-refractivity contribution in [2.75, 3.05) is 33.2 Å². The molecule has 4 heteroatoms. The molecule has 2 rings (SSSR count). The van der Waals surface area contributed by atoms with Gasteiger partial charge in [0.05, 0.1) is 6.54 Å². The van der Waals surface area contributed by atoms with Gasteiger partial charge in [0.2, 0.25) is 5.91 Å². The van der Waals surface area contributed by atoms with Crippen molar-refractivity contribution in [3.05, 3.63) is 0 Å². The number of likely N-dealkylation sites (N-methyl/N-ethyl adjacent to an activating group) is 1. The van der Waals surface area contributed by atoms with Gasteiger partial charge in [-0.1, -0.05) is 0 Å². The van der Waals surface area contributed by atoms with Crippen LogP contribution in [0.4, 0.5) is 0 Å². The zero-order chi connectivity index (χ0) is 11.4. The highest BCUT2D eigenvalue weighted by Gasteiger charge is 2.23. The molecule has 0 aromatic rings. The average molecular weight is 225 g/mol. The third kappa shape index (κ3) is 3.76. The molecular weight excluding hydrogens is 202 g/mol. The monoisotopic (exact) mass is 225 g/mol. The van der Waals surface area contributed by atoms with E-state index < -0.39 is 0 Å². The fraction of sp³-hybridized carbons (Fsp3) is 0.917. The lowest BCUT2D eigenvalue weighted by atomic mass is 10.1. The van der Waals surface area contributed by atoms with E-state index in [0.717, 1.165) is 38.4 Å². The Morgan fingerprint density at radius 3 is 2.62 bits per heavy atom. The number of hydrogen-bond acceptors (Lipinski definition) is 3. The van der Waals surface area contributed by atoms with Crippen molar-refractivity contribution in [2.24, 2.45) is 5.92 Å². The van der Waals surface area contributed by atoms with Crippen LogP contribution >= 0.6 is 0 Å². The molecule has 1 saturated carbocycles. The van der Waals surface area contributed by atoms with Gasteiger partial charge < -0.3 is 10.6 Å². The second-order valence-electron chi connectivity index (χ2n) is 5.14. The molecule has 0 aromatic carbocycles. The molecule has 1 amide bonds. The topological polar surface area (TPSA) is 44.4 Å². The molecule has 2 fully saturated rings. The van der Waals surface area contributed by atoms with Gasteiger partial charge in [0.15, 0.2) is 0 Å². The minimum Gasteiger partial charge on any atom is -0.355 e. The summed E-state index contributed by atoms with van der Waals surface area (Å²) in [6, 6.07) is 0.577. The number of piperidine rings is 1. The van der Waals surface area contributed by atoms with E-state index in [9.17, 15) is 4.79 Å². The molecule has 2 aliphatic rings. The van der Waals surface area contributed by atoms with Crippen molar-refractivity contribution in [1.82, 2.24) is 15.5 Å². The maximum absolute atomic E-state index is 11.7. The number of nitrogens with zero attached hydrogens (tertiary/aromatic N) is 1. The maximum Gasteiger partial charge on any atom is 0.234 e. The van der Waals surface area contributed by atoms with E-state index >= 15 is 0 Å². The zero-order valence-electron chi connectivity index (χ0n) is 10.2. The Morgan fingerprint density at radius 1 is 1.31 bits per heavy atom. The van der Waals surface area contributed by atoms with Crippen LogP contribution < -0.4 is 10.6 Å². The highest BCUT2D eigenvalue weighted by Crippen LogP contribution is 2.27. The van der Waals surface area contributed by atoms with E-state index in [-0.39, 0.29) is 5.91 Å². The van der Waals surface area contributed by atoms with Crippen LogP contribution in [0.15, 0.2) is 0 Å². The first-order chi connectivity index (χ1) is 7.75. The second kappa shape index (κ2) is 5.64. The van der Waals surface area contributed by atoms with Crippen LogP contribution in [0.5, 0.6) is 0 Å². The maximum atomic E-state index is 11.7. The summed E-state index contributed by atoms with van der Waals surface area (Å²) < 4.78 is 0. The predicted octanol–water partition coefficient (Wildman–Crippen LogP) is 0.196. The Morgan fingerprint density at radius 2 is 2.00 bits per heavy atom. The van der Waals surface area contributed by atoms with Crippen LogP contribution in [0.2, 0.25) is 0 Å². The van der Waals surface area contributed by atoms with Crippen LogP contribution in [0.3, 0.4) is 0 Å². The molecule has 0 spiro atoms. The van der Waals surface area contributed by atoms with E-state index in [0.29, 0.717) is 12.6 Å². The van der Waals surface area contributed by atoms with Crippen molar-refractivity contribution in [2.45, 2.75) is 31.7 Å². The molecule has 4 nitrogen and oxygen atoms in total. The van der Waals surface area contributed by atoms with E-state index in [2.05, 4.69) is 22.6 Å². The van der Waals surface area contributed by atoms with E-state index in [1.165, 1.54) is 12.8 Å². The minimum absolute atomic E-state index is 0.188. The van der Waals surface area contributed by atoms with E-state index in [4.69, 9.17) is 0 Å². The van der Waals surface area contributed by atoms with Crippen molar-refractivity contribution in [3.8, 4) is 0 Å². The third-order valence-corrected chi connectivity index (χ3v) is 3.61. The van der Waals surface area contributed by atoms with Crippen LogP contribution in [0.25, 0.3) is 0 Å². The van der Waals surface area contributed by atoms with Crippen LogP contribution in [0.1, 0.15) is 25.7 Å². The van der Waals surface area contributed by atoms with Gasteiger partial charge in [-0.3, -0.25) is 9.69 Å². The Hall–Kier alpha value is -0.610. The predicted molar refractivity (Wildman–Crippen MR) is 64.3 cm³/mol. The lowest BCUT2D eigenvalue weighted by Crippen LogP contribution is -2.45. The number of carbonyl (C=O) groups is 1. The Balaban J connectivity index is 1.63. The number of nitrogens with one attached hydrogen (secondary N) is 2. The summed E-state index contributed by atoms with van der Waals surface area (Å²) in [4.78, 5) is 13.9. The number of amides is 1. The number of carbonyl (C=O) groups excluding carboxylic acids is 1. The molecule has 1 aliphatic heterocycles. The first-order valence-electron chi connectivity index (χ1n) is 6.43. The van der Waals surface area contributed by atoms with Crippen molar-refractivity contribution < 1.29 is 4.79 Å². The molecule has 1 heterocycles. The zero-order valence-corrected chi connectivity index (χ0v) is 10.2. The van der Waals surface area contributed by atoms with Gasteiger partial charge in [0, 0.05) is 12.6 Å². The van der Waals surface area contributed by atoms with Gasteiger partial charge in [0.25, 0.3) is 0 Å². The highest BCUT2D eigenvalue weighted by atomic mass is 16.2. The summed E-state index contributed by atoms with van der Waals surface area (Å²) in [6.07, 6.45) is 4.91. The molecule has 0 unspecified atom stereocenters. The molecular formula is C12H23N3O. The Labute approximate surface area is 97.8 Å². The fourth-order valence-corrected chi connectivity index (χ4v) is 2.24. The van der Waals surface area contributed by atoms with Gasteiger partial charge in [-0.25, -0.2) is 0 Å². The summed E-state index contributed by atoms with van der Waals surface area (Å²) >= 11 is 0. The molecule has 92 valence electrons. The molecule has 0 radical (unpaired) electrons. The van der Waals surface area contributed by atoms with E-state index in [1.54, 1.807) is 0 Å². The molecule has 0 atom stereocenters. The van der Waals surface area contributed by atoms with Crippen molar-refractivity contribution >= 4 is 5.91 Å². The Kier molecular flexibility index (Phi) is 4.18. The molecule has 1 aliphatic carbocycles. The lowest BCUT2D eigenvalue weighted by Gasteiger charge is -2.31. The minimum atomic E-state index is 0.188. The Bertz CT molecular complexity index is 234. The largest absolute Gasteiger partial charge is 0.355 e. The summed E-state index contributed by atoms with van der Waals surface area (Å²) in [5.74, 6) is 0.959. The second-order valence-corrected chi connectivity index (χ2v) is 5.14. The van der Waals surface area contributed by atoms with Gasteiger partial charge >= 0.3 is 0 Å². The first kappa shape index (κ1) is 11.9. The quantitative estimate of drug-likeness (QED) is 0.702. The summed E-state index contributed by atoms with van der Waals surface area (Å²) in [5, 5.41) is 6.36. The third-order valence-electron chi connectivity index (χ3n) is 3.61. The lowest BCUT2D eigenvalue weighted by molar-refractivity contribution is -0.122. The average Bonchev–Trinajstić information content (AvgIpc) is 3.11. The first-order valence-corrected chi connectivity index (χ1v) is 6.43. The summed E-state index contributed by atoms with van der Waals surface area (Å²) in [6.45, 7) is 3.60. The van der Waals surface area contributed by atoms with E-state index in [1.807, 2.05) is 0 Å². The summed E-state index contributed by atoms with van der Waals surface area (Å²) in [7, 11) is 2.06. The van der Waals surface area contributed by atoms with Gasteiger partial charge in [-0.2, -0.15) is 0 Å². The van der Waals surface area contributed by atoms with Gasteiger partial charge in [-0.05, 0) is 51.7 Å². The number of rotatable bonds is 5. The van der Waals surface area contributed by atoms with Gasteiger partial charge in [-0.15, -0.1) is 0 Å². The van der Waals surface area contributed by atoms with Crippen molar-refractivity contribution in [1.29, 1.82) is 0 Å². The highest BCUT2D eigenvalue weighted by molar-refractivity contribution is 5.78. The molecule has 0 aromatic heterocycles. The molecule has 2 N–H and O–H groups in total. The fourth-order valence-electron chi connectivity index (χ4n) is 2.24. The van der Waals surface area contributed by atoms with Crippen molar-refractivity contribution in [3.63, 3.8) is 0 Å². The molecule has 1 saturated heterocycles. The van der Waals surface area contributed by atoms with Crippen LogP contribution in [-0.2, 0) is 4.79 Å². The summed E-state index contributed by atoms with van der Waals surface area (Å²) in [5.41, 5.74) is 0. The van der Waals surface area contributed by atoms with Crippen LogP contribution in [-0.4, -0.2) is 50.1 Å². The standard InChI is InChI=1S/C12H23N3O/c1-15(11-4-6-13-7-5-11)9-12(16)14-8-10-2-3-10/h10-11,13H,2-9H2,1H3,(H,14,16). The molecule has 0 bridgehead atoms. The number of hydrogen-bond donors (Lipinski definition) is 2. The smallest absolute Gasteiger partial charge is 0.234 e. The van der Waals surface area contributed by atoms with Gasteiger partial charge in [0.1, 0.15) is 0 Å². The van der Waals surface area contributed by atoms with Crippen LogP contribution in [0, 0.1) is 5.92 Å². The SMILES string of the molecule is CN(CC(=O)NCC1CC1)C1CCNCC1. The normalized spacial score (nSPS) is 22.4. The molecule has 16 heavy (non-hydrogen) atoms.